The summed E-state index contributed by atoms with van der Waals surface area (Å²) < 4.78 is 0. The van der Waals surface area contributed by atoms with Crippen molar-refractivity contribution in [3.63, 3.8) is 0 Å². The number of nitrogens with one attached hydrogen (secondary N) is 1. The second kappa shape index (κ2) is 5.38. The molecule has 2 aromatic rings. The van der Waals surface area contributed by atoms with Gasteiger partial charge in [0.2, 0.25) is 0 Å². The van der Waals surface area contributed by atoms with Crippen LogP contribution in [0.4, 0.5) is 5.69 Å². The maximum absolute atomic E-state index is 3.71. The van der Waals surface area contributed by atoms with Crippen LogP contribution in [0.5, 0.6) is 0 Å². The highest BCUT2D eigenvalue weighted by molar-refractivity contribution is 7.12. The van der Waals surface area contributed by atoms with Crippen molar-refractivity contribution < 1.29 is 0 Å². The molecule has 1 N–H and O–H groups in total. The Bertz CT molecular complexity index is 570. The standard InChI is InChI=1S/C17H21NS/c1-12-10-11-17(19-12)13(2)18-16-9-5-7-14-6-3-4-8-15(14)16/h5,7,9-11,13,18H,3-4,6,8H2,1-2H3. The molecule has 19 heavy (non-hydrogen) atoms. The lowest BCUT2D eigenvalue weighted by Gasteiger charge is -2.22. The lowest BCUT2D eigenvalue weighted by atomic mass is 9.90. The molecule has 0 aliphatic heterocycles. The Morgan fingerprint density at radius 2 is 1.95 bits per heavy atom. The quantitative estimate of drug-likeness (QED) is 0.818. The van der Waals surface area contributed by atoms with Gasteiger partial charge < -0.3 is 5.32 Å². The van der Waals surface area contributed by atoms with Crippen molar-refractivity contribution in [2.24, 2.45) is 0 Å². The molecule has 1 atom stereocenters. The number of anilines is 1. The van der Waals surface area contributed by atoms with E-state index in [1.807, 2.05) is 11.3 Å². The summed E-state index contributed by atoms with van der Waals surface area (Å²) in [4.78, 5) is 2.81. The summed E-state index contributed by atoms with van der Waals surface area (Å²) in [6, 6.07) is 11.6. The molecule has 0 saturated carbocycles. The molecule has 1 heterocycles. The molecule has 0 radical (unpaired) electrons. The summed E-state index contributed by atoms with van der Waals surface area (Å²) in [5, 5.41) is 3.71. The summed E-state index contributed by atoms with van der Waals surface area (Å²) in [5.74, 6) is 0. The van der Waals surface area contributed by atoms with Gasteiger partial charge in [0.15, 0.2) is 0 Å². The predicted molar refractivity (Wildman–Crippen MR) is 84.2 cm³/mol. The number of hydrogen-bond donors (Lipinski definition) is 1. The zero-order chi connectivity index (χ0) is 13.2. The molecular formula is C17H21NS. The SMILES string of the molecule is Cc1ccc(C(C)Nc2cccc3c2CCCC3)s1. The molecule has 1 aromatic carbocycles. The van der Waals surface area contributed by atoms with Crippen molar-refractivity contribution in [1.29, 1.82) is 0 Å². The lowest BCUT2D eigenvalue weighted by Crippen LogP contribution is -2.11. The number of thiophene rings is 1. The van der Waals surface area contributed by atoms with Gasteiger partial charge in [-0.25, -0.2) is 0 Å². The normalized spacial score (nSPS) is 15.9. The summed E-state index contributed by atoms with van der Waals surface area (Å²) >= 11 is 1.89. The van der Waals surface area contributed by atoms with E-state index < -0.39 is 0 Å². The molecule has 1 nitrogen and oxygen atoms in total. The second-order valence-electron chi connectivity index (χ2n) is 5.46. The summed E-state index contributed by atoms with van der Waals surface area (Å²) in [6.45, 7) is 4.43. The first kappa shape index (κ1) is 12.7. The molecule has 1 aromatic heterocycles. The van der Waals surface area contributed by atoms with Crippen molar-refractivity contribution in [2.75, 3.05) is 5.32 Å². The minimum absolute atomic E-state index is 0.395. The Balaban J connectivity index is 1.83. The third kappa shape index (κ3) is 2.69. The fourth-order valence-electron chi connectivity index (χ4n) is 2.91. The third-order valence-corrected chi connectivity index (χ3v) is 5.14. The smallest absolute Gasteiger partial charge is 0.0578 e. The molecule has 1 aliphatic carbocycles. The van der Waals surface area contributed by atoms with Gasteiger partial charge in [0, 0.05) is 15.4 Å². The average molecular weight is 271 g/mol. The van der Waals surface area contributed by atoms with Crippen molar-refractivity contribution in [3.05, 3.63) is 51.2 Å². The lowest BCUT2D eigenvalue weighted by molar-refractivity contribution is 0.685. The summed E-state index contributed by atoms with van der Waals surface area (Å²) in [6.07, 6.45) is 5.15. The first-order valence-corrected chi connectivity index (χ1v) is 7.99. The number of aryl methyl sites for hydroxylation is 2. The minimum atomic E-state index is 0.395. The first-order chi connectivity index (χ1) is 9.24. The molecule has 100 valence electrons. The summed E-state index contributed by atoms with van der Waals surface area (Å²) in [7, 11) is 0. The second-order valence-corrected chi connectivity index (χ2v) is 6.78. The highest BCUT2D eigenvalue weighted by Gasteiger charge is 2.15. The van der Waals surface area contributed by atoms with E-state index >= 15 is 0 Å². The van der Waals surface area contributed by atoms with Gasteiger partial charge in [0.1, 0.15) is 0 Å². The van der Waals surface area contributed by atoms with Crippen LogP contribution in [0.3, 0.4) is 0 Å². The van der Waals surface area contributed by atoms with Crippen molar-refractivity contribution in [2.45, 2.75) is 45.6 Å². The van der Waals surface area contributed by atoms with E-state index in [0.717, 1.165) is 0 Å². The molecule has 0 amide bonds. The average Bonchev–Trinajstić information content (AvgIpc) is 2.86. The minimum Gasteiger partial charge on any atom is -0.377 e. The molecule has 0 spiro atoms. The van der Waals surface area contributed by atoms with Gasteiger partial charge >= 0.3 is 0 Å². The van der Waals surface area contributed by atoms with Crippen molar-refractivity contribution >= 4 is 17.0 Å². The monoisotopic (exact) mass is 271 g/mol. The number of hydrogen-bond acceptors (Lipinski definition) is 2. The van der Waals surface area contributed by atoms with Crippen LogP contribution in [-0.2, 0) is 12.8 Å². The number of benzene rings is 1. The van der Waals surface area contributed by atoms with Crippen molar-refractivity contribution in [1.82, 2.24) is 0 Å². The zero-order valence-electron chi connectivity index (χ0n) is 11.7. The molecule has 0 saturated heterocycles. The van der Waals surface area contributed by atoms with E-state index in [1.165, 1.54) is 41.1 Å². The Kier molecular flexibility index (Phi) is 3.61. The Morgan fingerprint density at radius 1 is 1.11 bits per heavy atom. The van der Waals surface area contributed by atoms with E-state index in [1.54, 1.807) is 11.1 Å². The van der Waals surface area contributed by atoms with E-state index in [4.69, 9.17) is 0 Å². The van der Waals surface area contributed by atoms with Crippen LogP contribution >= 0.6 is 11.3 Å². The van der Waals surface area contributed by atoms with Crippen LogP contribution in [0.25, 0.3) is 0 Å². The van der Waals surface area contributed by atoms with Crippen LogP contribution < -0.4 is 5.32 Å². The van der Waals surface area contributed by atoms with E-state index in [2.05, 4.69) is 49.5 Å². The molecule has 2 heteroatoms. The maximum Gasteiger partial charge on any atom is 0.0578 e. The van der Waals surface area contributed by atoms with Gasteiger partial charge in [-0.05, 0) is 68.9 Å². The van der Waals surface area contributed by atoms with Crippen LogP contribution in [0.1, 0.15) is 46.7 Å². The van der Waals surface area contributed by atoms with Gasteiger partial charge in [-0.15, -0.1) is 11.3 Å². The van der Waals surface area contributed by atoms with Crippen LogP contribution in [-0.4, -0.2) is 0 Å². The Morgan fingerprint density at radius 3 is 2.74 bits per heavy atom. The Hall–Kier alpha value is -1.28. The number of fused-ring (bicyclic) bond motifs is 1. The van der Waals surface area contributed by atoms with E-state index in [9.17, 15) is 0 Å². The van der Waals surface area contributed by atoms with Crippen molar-refractivity contribution in [3.8, 4) is 0 Å². The van der Waals surface area contributed by atoms with Crippen LogP contribution in [0, 0.1) is 6.92 Å². The largest absolute Gasteiger partial charge is 0.377 e. The van der Waals surface area contributed by atoms with Gasteiger partial charge in [-0.2, -0.15) is 0 Å². The molecular weight excluding hydrogens is 250 g/mol. The highest BCUT2D eigenvalue weighted by Crippen LogP contribution is 2.31. The molecule has 1 aliphatic rings. The number of rotatable bonds is 3. The fourth-order valence-corrected chi connectivity index (χ4v) is 3.79. The van der Waals surface area contributed by atoms with Gasteiger partial charge in [-0.3, -0.25) is 0 Å². The Labute approximate surface area is 119 Å². The molecule has 0 bridgehead atoms. The topological polar surface area (TPSA) is 12.0 Å². The predicted octanol–water partition coefficient (Wildman–Crippen LogP) is 5.11. The summed E-state index contributed by atoms with van der Waals surface area (Å²) in [5.41, 5.74) is 4.44. The third-order valence-electron chi connectivity index (χ3n) is 3.96. The van der Waals surface area contributed by atoms with Gasteiger partial charge in [0.05, 0.1) is 6.04 Å². The zero-order valence-corrected chi connectivity index (χ0v) is 12.5. The van der Waals surface area contributed by atoms with Crippen LogP contribution in [0.2, 0.25) is 0 Å². The van der Waals surface area contributed by atoms with Gasteiger partial charge in [-0.1, -0.05) is 12.1 Å². The van der Waals surface area contributed by atoms with E-state index in [-0.39, 0.29) is 0 Å². The van der Waals surface area contributed by atoms with Crippen LogP contribution in [0.15, 0.2) is 30.3 Å². The maximum atomic E-state index is 3.71. The first-order valence-electron chi connectivity index (χ1n) is 7.17. The van der Waals surface area contributed by atoms with E-state index in [0.29, 0.717) is 6.04 Å². The molecule has 0 fully saturated rings. The molecule has 3 rings (SSSR count). The van der Waals surface area contributed by atoms with Gasteiger partial charge in [0.25, 0.3) is 0 Å². The molecule has 1 unspecified atom stereocenters. The fraction of sp³-hybridized carbons (Fsp3) is 0.412. The highest BCUT2D eigenvalue weighted by atomic mass is 32.1.